The van der Waals surface area contributed by atoms with Crippen molar-refractivity contribution >= 4 is 6.03 Å². The molecule has 1 saturated carbocycles. The third-order valence-corrected chi connectivity index (χ3v) is 4.04. The molecule has 3 unspecified atom stereocenters. The molecule has 2 amide bonds. The Morgan fingerprint density at radius 2 is 2.33 bits per heavy atom. The van der Waals surface area contributed by atoms with Crippen LogP contribution in [0.3, 0.4) is 0 Å². The van der Waals surface area contributed by atoms with Gasteiger partial charge in [-0.1, -0.05) is 19.8 Å². The Balaban J connectivity index is 1.86. The second-order valence-corrected chi connectivity index (χ2v) is 5.80. The van der Waals surface area contributed by atoms with Crippen LogP contribution in [0.1, 0.15) is 39.0 Å². The van der Waals surface area contributed by atoms with Gasteiger partial charge in [-0.15, -0.1) is 0 Å². The molecular formula is C13H24N2O3. The van der Waals surface area contributed by atoms with E-state index in [1.165, 1.54) is 6.42 Å². The minimum atomic E-state index is -0.429. The molecule has 2 fully saturated rings. The molecule has 0 aromatic heterocycles. The van der Waals surface area contributed by atoms with E-state index in [-0.39, 0.29) is 18.7 Å². The quantitative estimate of drug-likeness (QED) is 0.706. The van der Waals surface area contributed by atoms with Gasteiger partial charge in [0.1, 0.15) is 0 Å². The summed E-state index contributed by atoms with van der Waals surface area (Å²) in [6, 6.07) is -0.0598. The van der Waals surface area contributed by atoms with E-state index >= 15 is 0 Å². The van der Waals surface area contributed by atoms with Gasteiger partial charge in [-0.25, -0.2) is 4.79 Å². The van der Waals surface area contributed by atoms with Gasteiger partial charge in [0.15, 0.2) is 0 Å². The van der Waals surface area contributed by atoms with Crippen LogP contribution in [0, 0.1) is 5.92 Å². The van der Waals surface area contributed by atoms with E-state index in [0.717, 1.165) is 25.7 Å². The Morgan fingerprint density at radius 1 is 1.50 bits per heavy atom. The fourth-order valence-corrected chi connectivity index (χ4v) is 3.07. The summed E-state index contributed by atoms with van der Waals surface area (Å²) in [7, 11) is 0. The highest BCUT2D eigenvalue weighted by molar-refractivity contribution is 5.75. The van der Waals surface area contributed by atoms with Crippen LogP contribution < -0.4 is 10.6 Å². The fraction of sp³-hybridized carbons (Fsp3) is 0.923. The van der Waals surface area contributed by atoms with Gasteiger partial charge in [0.25, 0.3) is 0 Å². The van der Waals surface area contributed by atoms with E-state index in [1.807, 2.05) is 0 Å². The number of nitrogens with one attached hydrogen (secondary N) is 2. The average Bonchev–Trinajstić information content (AvgIpc) is 2.81. The van der Waals surface area contributed by atoms with Crippen LogP contribution >= 0.6 is 0 Å². The molecule has 0 radical (unpaired) electrons. The second kappa shape index (κ2) is 5.89. The fourth-order valence-electron chi connectivity index (χ4n) is 3.07. The number of hydrogen-bond acceptors (Lipinski definition) is 3. The molecule has 5 heteroatoms. The molecular weight excluding hydrogens is 232 g/mol. The Labute approximate surface area is 108 Å². The van der Waals surface area contributed by atoms with Gasteiger partial charge < -0.3 is 20.5 Å². The number of aliphatic hydroxyl groups excluding tert-OH is 1. The van der Waals surface area contributed by atoms with Crippen LogP contribution in [0.4, 0.5) is 4.79 Å². The van der Waals surface area contributed by atoms with E-state index < -0.39 is 5.54 Å². The maximum atomic E-state index is 11.9. The summed E-state index contributed by atoms with van der Waals surface area (Å²) in [4.78, 5) is 11.9. The van der Waals surface area contributed by atoms with E-state index in [1.54, 1.807) is 0 Å². The molecule has 1 heterocycles. The number of ether oxygens (including phenoxy) is 1. The molecule has 1 aliphatic carbocycles. The standard InChI is InChI=1S/C13H24N2O3/c1-10-3-2-5-13(7-10,9-16)15-12(17)14-11-4-6-18-8-11/h10-11,16H,2-9H2,1H3,(H2,14,15,17). The lowest BCUT2D eigenvalue weighted by Crippen LogP contribution is -2.57. The zero-order valence-electron chi connectivity index (χ0n) is 11.1. The van der Waals surface area contributed by atoms with Crippen molar-refractivity contribution in [3.63, 3.8) is 0 Å². The van der Waals surface area contributed by atoms with E-state index in [4.69, 9.17) is 4.74 Å². The van der Waals surface area contributed by atoms with Crippen LogP contribution in [-0.2, 0) is 4.74 Å². The highest BCUT2D eigenvalue weighted by Crippen LogP contribution is 2.31. The number of amides is 2. The molecule has 104 valence electrons. The summed E-state index contributed by atoms with van der Waals surface area (Å²) >= 11 is 0. The third kappa shape index (κ3) is 3.36. The van der Waals surface area contributed by atoms with Crippen molar-refractivity contribution in [2.24, 2.45) is 5.92 Å². The molecule has 0 bridgehead atoms. The molecule has 1 saturated heterocycles. The van der Waals surface area contributed by atoms with Gasteiger partial charge in [-0.2, -0.15) is 0 Å². The Kier molecular flexibility index (Phi) is 4.45. The Morgan fingerprint density at radius 3 is 2.94 bits per heavy atom. The molecule has 3 atom stereocenters. The SMILES string of the molecule is CC1CCCC(CO)(NC(=O)NC2CCOC2)C1. The maximum absolute atomic E-state index is 11.9. The summed E-state index contributed by atoms with van der Waals surface area (Å²) in [5.74, 6) is 0.556. The van der Waals surface area contributed by atoms with Gasteiger partial charge in [0.2, 0.25) is 0 Å². The first-order valence-electron chi connectivity index (χ1n) is 6.91. The molecule has 3 N–H and O–H groups in total. The number of carbonyl (C=O) groups excluding carboxylic acids is 1. The van der Waals surface area contributed by atoms with Crippen LogP contribution in [0.25, 0.3) is 0 Å². The predicted molar refractivity (Wildman–Crippen MR) is 68.3 cm³/mol. The minimum absolute atomic E-state index is 0.0198. The first-order valence-corrected chi connectivity index (χ1v) is 6.91. The van der Waals surface area contributed by atoms with Crippen LogP contribution in [0.15, 0.2) is 0 Å². The van der Waals surface area contributed by atoms with Crippen LogP contribution in [-0.4, -0.2) is 42.5 Å². The van der Waals surface area contributed by atoms with E-state index in [9.17, 15) is 9.90 Å². The zero-order valence-corrected chi connectivity index (χ0v) is 11.1. The van der Waals surface area contributed by atoms with Crippen molar-refractivity contribution in [1.82, 2.24) is 10.6 Å². The van der Waals surface area contributed by atoms with Gasteiger partial charge in [-0.3, -0.25) is 0 Å². The number of urea groups is 1. The predicted octanol–water partition coefficient (Wildman–Crippen LogP) is 1.02. The molecule has 1 aliphatic heterocycles. The van der Waals surface area contributed by atoms with Crippen molar-refractivity contribution in [1.29, 1.82) is 0 Å². The van der Waals surface area contributed by atoms with Gasteiger partial charge in [0, 0.05) is 6.61 Å². The molecule has 0 spiro atoms. The summed E-state index contributed by atoms with van der Waals surface area (Å²) in [5, 5.41) is 15.5. The minimum Gasteiger partial charge on any atom is -0.394 e. The maximum Gasteiger partial charge on any atom is 0.315 e. The Hall–Kier alpha value is -0.810. The van der Waals surface area contributed by atoms with Crippen molar-refractivity contribution < 1.29 is 14.6 Å². The van der Waals surface area contributed by atoms with Crippen molar-refractivity contribution in [2.75, 3.05) is 19.8 Å². The lowest BCUT2D eigenvalue weighted by Gasteiger charge is -2.39. The lowest BCUT2D eigenvalue weighted by molar-refractivity contribution is 0.105. The summed E-state index contributed by atoms with van der Waals surface area (Å²) < 4.78 is 5.22. The van der Waals surface area contributed by atoms with Crippen molar-refractivity contribution in [3.05, 3.63) is 0 Å². The van der Waals surface area contributed by atoms with Crippen LogP contribution in [0.5, 0.6) is 0 Å². The monoisotopic (exact) mass is 256 g/mol. The molecule has 0 aromatic carbocycles. The first kappa shape index (κ1) is 13.6. The molecule has 5 nitrogen and oxygen atoms in total. The summed E-state index contributed by atoms with van der Waals surface area (Å²) in [5.41, 5.74) is -0.429. The second-order valence-electron chi connectivity index (χ2n) is 5.80. The Bertz CT molecular complexity index is 292. The van der Waals surface area contributed by atoms with E-state index in [2.05, 4.69) is 17.6 Å². The summed E-state index contributed by atoms with van der Waals surface area (Å²) in [6.07, 6.45) is 4.84. The smallest absolute Gasteiger partial charge is 0.315 e. The highest BCUT2D eigenvalue weighted by Gasteiger charge is 2.36. The van der Waals surface area contributed by atoms with Gasteiger partial charge >= 0.3 is 6.03 Å². The zero-order chi connectivity index (χ0) is 13.0. The molecule has 0 aromatic rings. The van der Waals surface area contributed by atoms with Gasteiger partial charge in [-0.05, 0) is 25.2 Å². The van der Waals surface area contributed by atoms with Crippen molar-refractivity contribution in [2.45, 2.75) is 50.6 Å². The van der Waals surface area contributed by atoms with E-state index in [0.29, 0.717) is 19.1 Å². The normalized spacial score (nSPS) is 36.3. The molecule has 2 aliphatic rings. The van der Waals surface area contributed by atoms with Crippen LogP contribution in [0.2, 0.25) is 0 Å². The third-order valence-electron chi connectivity index (χ3n) is 4.04. The topological polar surface area (TPSA) is 70.6 Å². The number of hydrogen-bond donors (Lipinski definition) is 3. The van der Waals surface area contributed by atoms with Crippen molar-refractivity contribution in [3.8, 4) is 0 Å². The highest BCUT2D eigenvalue weighted by atomic mass is 16.5. The number of aliphatic hydroxyl groups is 1. The average molecular weight is 256 g/mol. The first-order chi connectivity index (χ1) is 8.63. The molecule has 2 rings (SSSR count). The summed E-state index contributed by atoms with van der Waals surface area (Å²) in [6.45, 7) is 3.50. The lowest BCUT2D eigenvalue weighted by atomic mass is 9.77. The largest absolute Gasteiger partial charge is 0.394 e. The number of carbonyl (C=O) groups is 1. The number of rotatable bonds is 3. The molecule has 18 heavy (non-hydrogen) atoms. The van der Waals surface area contributed by atoms with Gasteiger partial charge in [0.05, 0.1) is 24.8 Å².